The number of ketones is 1. The molecule has 19 heavy (non-hydrogen) atoms. The van der Waals surface area contributed by atoms with Crippen LogP contribution in [-0.4, -0.2) is 12.9 Å². The van der Waals surface area contributed by atoms with Crippen LogP contribution in [0.4, 0.5) is 0 Å². The van der Waals surface area contributed by atoms with Crippen molar-refractivity contribution < 1.29 is 9.53 Å². The van der Waals surface area contributed by atoms with E-state index in [9.17, 15) is 4.79 Å². The Morgan fingerprint density at radius 3 is 2.53 bits per heavy atom. The van der Waals surface area contributed by atoms with E-state index in [0.717, 1.165) is 12.0 Å². The second-order valence-electron chi connectivity index (χ2n) is 4.19. The van der Waals surface area contributed by atoms with E-state index in [1.807, 2.05) is 31.2 Å². The standard InChI is InChI=1S/C16H15ClO2/c1-3-11-6-4-5-7-13(11)16(18)14-9-8-12(19-2)10-15(14)17/h4-10H,3H2,1-2H3. The Balaban J connectivity index is 2.44. The van der Waals surface area contributed by atoms with Gasteiger partial charge in [0.25, 0.3) is 0 Å². The Kier molecular flexibility index (Phi) is 4.23. The van der Waals surface area contributed by atoms with Crippen molar-refractivity contribution in [3.8, 4) is 5.75 Å². The molecule has 98 valence electrons. The lowest BCUT2D eigenvalue weighted by molar-refractivity contribution is 0.103. The van der Waals surface area contributed by atoms with Crippen molar-refractivity contribution in [2.24, 2.45) is 0 Å². The number of hydrogen-bond donors (Lipinski definition) is 0. The van der Waals surface area contributed by atoms with Crippen LogP contribution < -0.4 is 4.74 Å². The predicted octanol–water partition coefficient (Wildman–Crippen LogP) is 4.14. The van der Waals surface area contributed by atoms with Crippen molar-refractivity contribution in [3.63, 3.8) is 0 Å². The van der Waals surface area contributed by atoms with Crippen LogP contribution in [-0.2, 0) is 6.42 Å². The number of methoxy groups -OCH3 is 1. The monoisotopic (exact) mass is 274 g/mol. The molecule has 0 aliphatic heterocycles. The van der Waals surface area contributed by atoms with E-state index >= 15 is 0 Å². The second kappa shape index (κ2) is 5.89. The van der Waals surface area contributed by atoms with E-state index in [-0.39, 0.29) is 5.78 Å². The lowest BCUT2D eigenvalue weighted by Crippen LogP contribution is -2.05. The van der Waals surface area contributed by atoms with Crippen LogP contribution in [0.2, 0.25) is 5.02 Å². The topological polar surface area (TPSA) is 26.3 Å². The zero-order valence-corrected chi connectivity index (χ0v) is 11.7. The van der Waals surface area contributed by atoms with Crippen LogP contribution in [0.1, 0.15) is 28.4 Å². The van der Waals surface area contributed by atoms with Gasteiger partial charge in [0.15, 0.2) is 5.78 Å². The number of rotatable bonds is 4. The van der Waals surface area contributed by atoms with Gasteiger partial charge >= 0.3 is 0 Å². The molecule has 0 aliphatic carbocycles. The van der Waals surface area contributed by atoms with E-state index in [1.165, 1.54) is 0 Å². The van der Waals surface area contributed by atoms with Gasteiger partial charge in [-0.3, -0.25) is 4.79 Å². The Bertz CT molecular complexity index is 605. The van der Waals surface area contributed by atoms with E-state index < -0.39 is 0 Å². The number of aryl methyl sites for hydroxylation is 1. The predicted molar refractivity (Wildman–Crippen MR) is 77.3 cm³/mol. The van der Waals surface area contributed by atoms with E-state index in [4.69, 9.17) is 16.3 Å². The molecular weight excluding hydrogens is 260 g/mol. The number of hydrogen-bond acceptors (Lipinski definition) is 2. The van der Waals surface area contributed by atoms with Crippen molar-refractivity contribution in [1.82, 2.24) is 0 Å². The van der Waals surface area contributed by atoms with Gasteiger partial charge in [-0.1, -0.05) is 42.8 Å². The minimum absolute atomic E-state index is 0.0508. The normalized spacial score (nSPS) is 10.3. The van der Waals surface area contributed by atoms with Crippen LogP contribution in [0.5, 0.6) is 5.75 Å². The Morgan fingerprint density at radius 2 is 1.89 bits per heavy atom. The van der Waals surface area contributed by atoms with Crippen LogP contribution in [0.25, 0.3) is 0 Å². The highest BCUT2D eigenvalue weighted by Gasteiger charge is 2.15. The van der Waals surface area contributed by atoms with Gasteiger partial charge in [0.05, 0.1) is 12.1 Å². The molecule has 0 spiro atoms. The fourth-order valence-corrected chi connectivity index (χ4v) is 2.26. The first-order valence-electron chi connectivity index (χ1n) is 6.13. The molecule has 2 aromatic carbocycles. The van der Waals surface area contributed by atoms with Crippen molar-refractivity contribution in [2.45, 2.75) is 13.3 Å². The summed E-state index contributed by atoms with van der Waals surface area (Å²) in [6, 6.07) is 12.7. The summed E-state index contributed by atoms with van der Waals surface area (Å²) in [6.07, 6.45) is 0.815. The number of benzene rings is 2. The first-order valence-corrected chi connectivity index (χ1v) is 6.51. The maximum atomic E-state index is 12.5. The lowest BCUT2D eigenvalue weighted by Gasteiger charge is -2.09. The van der Waals surface area contributed by atoms with Gasteiger partial charge in [0, 0.05) is 11.1 Å². The number of carbonyl (C=O) groups is 1. The third-order valence-corrected chi connectivity index (χ3v) is 3.38. The molecule has 0 N–H and O–H groups in total. The average Bonchev–Trinajstić information content (AvgIpc) is 2.46. The fraction of sp³-hybridized carbons (Fsp3) is 0.188. The minimum Gasteiger partial charge on any atom is -0.497 e. The summed E-state index contributed by atoms with van der Waals surface area (Å²) >= 11 is 6.15. The molecule has 0 fully saturated rings. The molecule has 0 saturated carbocycles. The first-order chi connectivity index (χ1) is 9.17. The summed E-state index contributed by atoms with van der Waals surface area (Å²) in [6.45, 7) is 2.03. The summed E-state index contributed by atoms with van der Waals surface area (Å²) in [5.74, 6) is 0.593. The molecule has 2 rings (SSSR count). The molecule has 0 bridgehead atoms. The average molecular weight is 275 g/mol. The molecule has 0 heterocycles. The van der Waals surface area contributed by atoms with Gasteiger partial charge in [-0.25, -0.2) is 0 Å². The van der Waals surface area contributed by atoms with Gasteiger partial charge in [-0.2, -0.15) is 0 Å². The highest BCUT2D eigenvalue weighted by atomic mass is 35.5. The molecule has 0 radical (unpaired) electrons. The molecule has 0 aromatic heterocycles. The number of carbonyl (C=O) groups excluding carboxylic acids is 1. The van der Waals surface area contributed by atoms with Gasteiger partial charge in [-0.05, 0) is 30.2 Å². The fourth-order valence-electron chi connectivity index (χ4n) is 2.00. The lowest BCUT2D eigenvalue weighted by atomic mass is 9.97. The summed E-state index contributed by atoms with van der Waals surface area (Å²) in [7, 11) is 1.57. The SMILES string of the molecule is CCc1ccccc1C(=O)c1ccc(OC)cc1Cl. The van der Waals surface area contributed by atoms with Gasteiger partial charge < -0.3 is 4.74 Å². The quantitative estimate of drug-likeness (QED) is 0.783. The van der Waals surface area contributed by atoms with Crippen molar-refractivity contribution >= 4 is 17.4 Å². The minimum atomic E-state index is -0.0508. The van der Waals surface area contributed by atoms with Crippen molar-refractivity contribution in [2.75, 3.05) is 7.11 Å². The molecule has 0 unspecified atom stereocenters. The third kappa shape index (κ3) is 2.79. The molecule has 2 aromatic rings. The van der Waals surface area contributed by atoms with Crippen LogP contribution in [0.3, 0.4) is 0 Å². The first kappa shape index (κ1) is 13.6. The largest absolute Gasteiger partial charge is 0.497 e. The van der Waals surface area contributed by atoms with E-state index in [1.54, 1.807) is 25.3 Å². The summed E-state index contributed by atoms with van der Waals surface area (Å²) in [5, 5.41) is 0.412. The Morgan fingerprint density at radius 1 is 1.16 bits per heavy atom. The Labute approximate surface area is 118 Å². The highest BCUT2D eigenvalue weighted by Crippen LogP contribution is 2.25. The molecule has 3 heteroatoms. The molecule has 2 nitrogen and oxygen atoms in total. The molecule has 0 atom stereocenters. The summed E-state index contributed by atoms with van der Waals surface area (Å²) < 4.78 is 5.08. The third-order valence-electron chi connectivity index (χ3n) is 3.06. The molecule has 0 saturated heterocycles. The van der Waals surface area contributed by atoms with E-state index in [2.05, 4.69) is 0 Å². The second-order valence-corrected chi connectivity index (χ2v) is 4.59. The summed E-state index contributed by atoms with van der Waals surface area (Å²) in [5.41, 5.74) is 2.24. The molecule has 0 aliphatic rings. The van der Waals surface area contributed by atoms with Crippen LogP contribution >= 0.6 is 11.6 Å². The van der Waals surface area contributed by atoms with E-state index in [0.29, 0.717) is 21.9 Å². The zero-order valence-electron chi connectivity index (χ0n) is 10.9. The van der Waals surface area contributed by atoms with Crippen molar-refractivity contribution in [3.05, 3.63) is 64.2 Å². The van der Waals surface area contributed by atoms with Gasteiger partial charge in [-0.15, -0.1) is 0 Å². The Hall–Kier alpha value is -1.80. The smallest absolute Gasteiger partial charge is 0.194 e. The summed E-state index contributed by atoms with van der Waals surface area (Å²) in [4.78, 5) is 12.5. The van der Waals surface area contributed by atoms with Gasteiger partial charge in [0.2, 0.25) is 0 Å². The molecular formula is C16H15ClO2. The maximum absolute atomic E-state index is 12.5. The maximum Gasteiger partial charge on any atom is 0.194 e. The number of halogens is 1. The van der Waals surface area contributed by atoms with Crippen LogP contribution in [0.15, 0.2) is 42.5 Å². The highest BCUT2D eigenvalue weighted by molar-refractivity contribution is 6.35. The van der Waals surface area contributed by atoms with Gasteiger partial charge in [0.1, 0.15) is 5.75 Å². The molecule has 0 amide bonds. The number of ether oxygens (including phenoxy) is 1. The zero-order chi connectivity index (χ0) is 13.8. The van der Waals surface area contributed by atoms with Crippen molar-refractivity contribution in [1.29, 1.82) is 0 Å². The van der Waals surface area contributed by atoms with Crippen LogP contribution in [0, 0.1) is 0 Å².